The van der Waals surface area contributed by atoms with Crippen molar-refractivity contribution in [2.24, 2.45) is 0 Å². The van der Waals surface area contributed by atoms with Gasteiger partial charge in [0.05, 0.1) is 12.1 Å². The van der Waals surface area contributed by atoms with E-state index in [9.17, 15) is 0 Å². The van der Waals surface area contributed by atoms with Crippen molar-refractivity contribution in [3.8, 4) is 0 Å². The van der Waals surface area contributed by atoms with Gasteiger partial charge in [0.25, 0.3) is 0 Å². The molecule has 2 unspecified atom stereocenters. The van der Waals surface area contributed by atoms with Gasteiger partial charge in [-0.05, 0) is 44.0 Å². The van der Waals surface area contributed by atoms with Crippen molar-refractivity contribution in [3.63, 3.8) is 0 Å². The van der Waals surface area contributed by atoms with Gasteiger partial charge in [-0.2, -0.15) is 0 Å². The first kappa shape index (κ1) is 10.6. The monoisotopic (exact) mass is 206 g/mol. The maximum Gasteiger partial charge on any atom is 0.0771 e. The molecule has 0 aliphatic carbocycles. The molecule has 1 aromatic heterocycles. The third-order valence-corrected chi connectivity index (χ3v) is 3.06. The van der Waals surface area contributed by atoms with E-state index in [-0.39, 0.29) is 6.04 Å². The molecule has 2 rings (SSSR count). The van der Waals surface area contributed by atoms with Gasteiger partial charge >= 0.3 is 0 Å². The minimum absolute atomic E-state index is 0.279. The highest BCUT2D eigenvalue weighted by molar-refractivity contribution is 5.26. The van der Waals surface area contributed by atoms with Crippen molar-refractivity contribution in [1.29, 1.82) is 0 Å². The Morgan fingerprint density at radius 3 is 3.07 bits per heavy atom. The number of hydrogen-bond acceptors (Lipinski definition) is 3. The molecule has 82 valence electrons. The first-order valence-electron chi connectivity index (χ1n) is 5.52. The van der Waals surface area contributed by atoms with Crippen LogP contribution < -0.4 is 5.32 Å². The predicted octanol–water partition coefficient (Wildman–Crippen LogP) is 1.83. The second-order valence-corrected chi connectivity index (χ2v) is 4.05. The average Bonchev–Trinajstić information content (AvgIpc) is 2.75. The average molecular weight is 206 g/mol. The summed E-state index contributed by atoms with van der Waals surface area (Å²) >= 11 is 0. The van der Waals surface area contributed by atoms with Gasteiger partial charge < -0.3 is 10.1 Å². The normalized spacial score (nSPS) is 22.9. The summed E-state index contributed by atoms with van der Waals surface area (Å²) in [6.45, 7) is 3.01. The summed E-state index contributed by atoms with van der Waals surface area (Å²) in [4.78, 5) is 4.19. The fraction of sp³-hybridized carbons (Fsp3) is 0.583. The maximum absolute atomic E-state index is 5.73. The van der Waals surface area contributed by atoms with Crippen LogP contribution in [0.2, 0.25) is 0 Å². The van der Waals surface area contributed by atoms with Gasteiger partial charge in [0.15, 0.2) is 0 Å². The van der Waals surface area contributed by atoms with Crippen molar-refractivity contribution in [1.82, 2.24) is 10.3 Å². The van der Waals surface area contributed by atoms with E-state index in [4.69, 9.17) is 4.74 Å². The number of aromatic nitrogens is 1. The lowest BCUT2D eigenvalue weighted by atomic mass is 9.97. The molecule has 0 amide bonds. The summed E-state index contributed by atoms with van der Waals surface area (Å²) < 4.78 is 5.73. The first-order chi connectivity index (χ1) is 7.33. The van der Waals surface area contributed by atoms with Crippen LogP contribution in [0.3, 0.4) is 0 Å². The Balaban J connectivity index is 2.22. The van der Waals surface area contributed by atoms with Crippen molar-refractivity contribution < 1.29 is 4.74 Å². The molecule has 1 saturated heterocycles. The second-order valence-electron chi connectivity index (χ2n) is 4.05. The highest BCUT2D eigenvalue weighted by atomic mass is 16.5. The van der Waals surface area contributed by atoms with Crippen molar-refractivity contribution >= 4 is 0 Å². The summed E-state index contributed by atoms with van der Waals surface area (Å²) in [5.41, 5.74) is 2.53. The molecule has 1 fully saturated rings. The van der Waals surface area contributed by atoms with E-state index in [0.717, 1.165) is 13.0 Å². The van der Waals surface area contributed by atoms with Gasteiger partial charge in [0, 0.05) is 19.0 Å². The molecule has 2 atom stereocenters. The highest BCUT2D eigenvalue weighted by Gasteiger charge is 2.26. The van der Waals surface area contributed by atoms with E-state index in [1.165, 1.54) is 17.5 Å². The largest absolute Gasteiger partial charge is 0.376 e. The number of likely N-dealkylation sites (N-methyl/N-ethyl adjacent to an activating group) is 1. The van der Waals surface area contributed by atoms with Crippen LogP contribution in [0.5, 0.6) is 0 Å². The Kier molecular flexibility index (Phi) is 3.34. The van der Waals surface area contributed by atoms with Crippen molar-refractivity contribution in [3.05, 3.63) is 29.6 Å². The van der Waals surface area contributed by atoms with E-state index < -0.39 is 0 Å². The van der Waals surface area contributed by atoms with E-state index in [0.29, 0.717) is 6.10 Å². The Labute approximate surface area is 90.9 Å². The smallest absolute Gasteiger partial charge is 0.0771 e. The molecular formula is C12H18N2O. The maximum atomic E-state index is 5.73. The van der Waals surface area contributed by atoms with Crippen LogP contribution in [0.1, 0.15) is 30.0 Å². The van der Waals surface area contributed by atoms with Gasteiger partial charge in [-0.3, -0.25) is 4.98 Å². The van der Waals surface area contributed by atoms with Crippen LogP contribution in [-0.2, 0) is 4.74 Å². The van der Waals surface area contributed by atoms with Gasteiger partial charge in [-0.1, -0.05) is 0 Å². The van der Waals surface area contributed by atoms with Crippen LogP contribution in [0, 0.1) is 6.92 Å². The lowest BCUT2D eigenvalue weighted by Crippen LogP contribution is -2.29. The first-order valence-corrected chi connectivity index (χ1v) is 5.52. The van der Waals surface area contributed by atoms with Gasteiger partial charge in [0.2, 0.25) is 0 Å². The zero-order chi connectivity index (χ0) is 10.7. The summed E-state index contributed by atoms with van der Waals surface area (Å²) in [5, 5.41) is 3.34. The van der Waals surface area contributed by atoms with Crippen LogP contribution in [0.15, 0.2) is 18.5 Å². The Bertz CT molecular complexity index is 321. The minimum Gasteiger partial charge on any atom is -0.376 e. The molecule has 1 aromatic rings. The fourth-order valence-electron chi connectivity index (χ4n) is 2.21. The number of nitrogens with one attached hydrogen (secondary N) is 1. The molecule has 3 nitrogen and oxygen atoms in total. The van der Waals surface area contributed by atoms with Crippen LogP contribution in [0.4, 0.5) is 0 Å². The topological polar surface area (TPSA) is 34.2 Å². The number of pyridine rings is 1. The molecule has 15 heavy (non-hydrogen) atoms. The molecule has 3 heteroatoms. The summed E-state index contributed by atoms with van der Waals surface area (Å²) in [7, 11) is 1.98. The highest BCUT2D eigenvalue weighted by Crippen LogP contribution is 2.27. The molecule has 1 aliphatic rings. The Morgan fingerprint density at radius 1 is 1.60 bits per heavy atom. The van der Waals surface area contributed by atoms with Crippen molar-refractivity contribution in [2.45, 2.75) is 31.9 Å². The fourth-order valence-corrected chi connectivity index (χ4v) is 2.21. The van der Waals surface area contributed by atoms with E-state index in [2.05, 4.69) is 23.3 Å². The molecule has 0 aromatic carbocycles. The zero-order valence-corrected chi connectivity index (χ0v) is 9.36. The third kappa shape index (κ3) is 2.19. The Hall–Kier alpha value is -0.930. The summed E-state index contributed by atoms with van der Waals surface area (Å²) in [6.07, 6.45) is 6.39. The summed E-state index contributed by atoms with van der Waals surface area (Å²) in [6, 6.07) is 2.33. The van der Waals surface area contributed by atoms with Crippen LogP contribution in [-0.4, -0.2) is 24.7 Å². The van der Waals surface area contributed by atoms with Crippen molar-refractivity contribution in [2.75, 3.05) is 13.7 Å². The van der Waals surface area contributed by atoms with Gasteiger partial charge in [-0.15, -0.1) is 0 Å². The summed E-state index contributed by atoms with van der Waals surface area (Å²) in [5.74, 6) is 0. The van der Waals surface area contributed by atoms with E-state index in [1.54, 1.807) is 0 Å². The number of aryl methyl sites for hydroxylation is 1. The minimum atomic E-state index is 0.279. The third-order valence-electron chi connectivity index (χ3n) is 3.06. The molecular weight excluding hydrogens is 188 g/mol. The van der Waals surface area contributed by atoms with Crippen LogP contribution >= 0.6 is 0 Å². The SMILES string of the molecule is CNC(c1cnccc1C)C1CCCO1. The number of hydrogen-bond donors (Lipinski definition) is 1. The molecule has 2 heterocycles. The standard InChI is InChI=1S/C12H18N2O/c1-9-5-6-14-8-10(9)12(13-2)11-4-3-7-15-11/h5-6,8,11-13H,3-4,7H2,1-2H3. The van der Waals surface area contributed by atoms with Gasteiger partial charge in [-0.25, -0.2) is 0 Å². The molecule has 1 aliphatic heterocycles. The quantitative estimate of drug-likeness (QED) is 0.819. The van der Waals surface area contributed by atoms with E-state index in [1.807, 2.05) is 19.4 Å². The zero-order valence-electron chi connectivity index (χ0n) is 9.36. The lowest BCUT2D eigenvalue weighted by molar-refractivity contribution is 0.0805. The molecule has 0 saturated carbocycles. The number of ether oxygens (including phenoxy) is 1. The van der Waals surface area contributed by atoms with Crippen LogP contribution in [0.25, 0.3) is 0 Å². The second kappa shape index (κ2) is 4.73. The molecule has 0 radical (unpaired) electrons. The molecule has 0 bridgehead atoms. The Morgan fingerprint density at radius 2 is 2.47 bits per heavy atom. The van der Waals surface area contributed by atoms with Gasteiger partial charge in [0.1, 0.15) is 0 Å². The lowest BCUT2D eigenvalue weighted by Gasteiger charge is -2.23. The number of nitrogens with zero attached hydrogens (tertiary/aromatic N) is 1. The molecule has 0 spiro atoms. The number of rotatable bonds is 3. The molecule has 1 N–H and O–H groups in total. The predicted molar refractivity (Wildman–Crippen MR) is 59.7 cm³/mol. The van der Waals surface area contributed by atoms with E-state index >= 15 is 0 Å².